The average molecular weight is 243 g/mol. The van der Waals surface area contributed by atoms with Crippen molar-refractivity contribution in [2.75, 3.05) is 14.1 Å². The fourth-order valence-corrected chi connectivity index (χ4v) is 1.45. The van der Waals surface area contributed by atoms with Crippen molar-refractivity contribution in [2.45, 2.75) is 0 Å². The number of amides is 1. The van der Waals surface area contributed by atoms with Gasteiger partial charge in [0.15, 0.2) is 12.4 Å². The Balaban J connectivity index is 2.13. The summed E-state index contributed by atoms with van der Waals surface area (Å²) in [7, 11) is 3.30. The van der Waals surface area contributed by atoms with Crippen molar-refractivity contribution in [1.29, 1.82) is 0 Å². The van der Waals surface area contributed by atoms with E-state index >= 15 is 0 Å². The Morgan fingerprint density at radius 2 is 1.67 bits per heavy atom. The van der Waals surface area contributed by atoms with Crippen LogP contribution in [-0.4, -0.2) is 25.1 Å². The van der Waals surface area contributed by atoms with Crippen molar-refractivity contribution in [3.63, 3.8) is 0 Å². The van der Waals surface area contributed by atoms with E-state index in [-0.39, 0.29) is 6.09 Å². The zero-order chi connectivity index (χ0) is 13.0. The smallest absolute Gasteiger partial charge is 0.410 e. The van der Waals surface area contributed by atoms with Gasteiger partial charge in [-0.2, -0.15) is 4.57 Å². The molecule has 1 aromatic carbocycles. The number of benzene rings is 1. The molecule has 0 saturated carbocycles. The van der Waals surface area contributed by atoms with Gasteiger partial charge in [0.2, 0.25) is 5.69 Å². The molecule has 2 rings (SSSR count). The van der Waals surface area contributed by atoms with Gasteiger partial charge in [-0.3, -0.25) is 0 Å². The molecular weight excluding hydrogens is 228 g/mol. The topological polar surface area (TPSA) is 33.4 Å². The highest BCUT2D eigenvalue weighted by atomic mass is 16.6. The summed E-state index contributed by atoms with van der Waals surface area (Å²) in [5.41, 5.74) is 1.01. The second-order valence-corrected chi connectivity index (χ2v) is 4.04. The van der Waals surface area contributed by atoms with Crippen LogP contribution < -0.4 is 9.30 Å². The van der Waals surface area contributed by atoms with E-state index in [1.165, 1.54) is 4.90 Å². The molecule has 0 radical (unpaired) electrons. The maximum absolute atomic E-state index is 11.4. The van der Waals surface area contributed by atoms with Crippen LogP contribution in [0.2, 0.25) is 0 Å². The molecule has 0 fully saturated rings. The first-order valence-electron chi connectivity index (χ1n) is 5.63. The lowest BCUT2D eigenvalue weighted by molar-refractivity contribution is -0.595. The molecule has 0 N–H and O–H groups in total. The summed E-state index contributed by atoms with van der Waals surface area (Å²) in [6, 6.07) is 13.2. The van der Waals surface area contributed by atoms with E-state index in [4.69, 9.17) is 4.74 Å². The minimum absolute atomic E-state index is 0.380. The number of aromatic nitrogens is 1. The maximum Gasteiger partial charge on any atom is 0.414 e. The largest absolute Gasteiger partial charge is 0.414 e. The highest BCUT2D eigenvalue weighted by Crippen LogP contribution is 2.12. The molecule has 0 unspecified atom stereocenters. The van der Waals surface area contributed by atoms with Gasteiger partial charge in [-0.1, -0.05) is 6.07 Å². The van der Waals surface area contributed by atoms with Gasteiger partial charge in [0.25, 0.3) is 0 Å². The standard InChI is InChI=1S/C14H15N2O2/c1-15(2)14(17)18-13-8-6-12(7-9-13)16-10-4-3-5-11-16/h3-11H,1-2H3/q+1. The minimum Gasteiger partial charge on any atom is -0.410 e. The molecule has 1 amide bonds. The summed E-state index contributed by atoms with van der Waals surface area (Å²) in [5, 5.41) is 0. The van der Waals surface area contributed by atoms with Gasteiger partial charge in [0, 0.05) is 38.4 Å². The monoisotopic (exact) mass is 243 g/mol. The fraction of sp³-hybridized carbons (Fsp3) is 0.143. The lowest BCUT2D eigenvalue weighted by atomic mass is 10.3. The van der Waals surface area contributed by atoms with Gasteiger partial charge in [-0.25, -0.2) is 4.79 Å². The summed E-state index contributed by atoms with van der Waals surface area (Å²) in [4.78, 5) is 12.8. The van der Waals surface area contributed by atoms with Crippen molar-refractivity contribution in [2.24, 2.45) is 0 Å². The Labute approximate surface area is 106 Å². The second-order valence-electron chi connectivity index (χ2n) is 4.04. The summed E-state index contributed by atoms with van der Waals surface area (Å²) in [6.07, 6.45) is 3.54. The third kappa shape index (κ3) is 2.85. The summed E-state index contributed by atoms with van der Waals surface area (Å²) in [5.74, 6) is 0.536. The van der Waals surface area contributed by atoms with Crippen molar-refractivity contribution in [3.05, 3.63) is 54.9 Å². The predicted octanol–water partition coefficient (Wildman–Crippen LogP) is 2.02. The molecular formula is C14H15N2O2+. The molecule has 92 valence electrons. The highest BCUT2D eigenvalue weighted by Gasteiger charge is 2.08. The Morgan fingerprint density at radius 1 is 1.06 bits per heavy atom. The van der Waals surface area contributed by atoms with Crippen LogP contribution >= 0.6 is 0 Å². The zero-order valence-corrected chi connectivity index (χ0v) is 10.4. The number of hydrogen-bond acceptors (Lipinski definition) is 2. The van der Waals surface area contributed by atoms with Crippen LogP contribution in [0.25, 0.3) is 5.69 Å². The molecule has 0 spiro atoms. The van der Waals surface area contributed by atoms with Crippen molar-refractivity contribution in [1.82, 2.24) is 4.90 Å². The quantitative estimate of drug-likeness (QED) is 0.756. The molecule has 18 heavy (non-hydrogen) atoms. The van der Waals surface area contributed by atoms with E-state index in [9.17, 15) is 4.79 Å². The molecule has 4 heteroatoms. The molecule has 0 atom stereocenters. The van der Waals surface area contributed by atoms with Gasteiger partial charge in [0.05, 0.1) is 0 Å². The number of pyridine rings is 1. The molecule has 1 aromatic heterocycles. The number of rotatable bonds is 2. The molecule has 2 aromatic rings. The van der Waals surface area contributed by atoms with Crippen molar-refractivity contribution in [3.8, 4) is 11.4 Å². The fourth-order valence-electron chi connectivity index (χ4n) is 1.45. The van der Waals surface area contributed by atoms with Crippen molar-refractivity contribution >= 4 is 6.09 Å². The van der Waals surface area contributed by atoms with Crippen LogP contribution in [-0.2, 0) is 0 Å². The Kier molecular flexibility index (Phi) is 3.57. The van der Waals surface area contributed by atoms with E-state index in [2.05, 4.69) is 0 Å². The highest BCUT2D eigenvalue weighted by molar-refractivity contribution is 5.69. The third-order valence-corrected chi connectivity index (χ3v) is 2.42. The number of carbonyl (C=O) groups is 1. The van der Waals surface area contributed by atoms with E-state index in [1.54, 1.807) is 26.2 Å². The summed E-state index contributed by atoms with van der Waals surface area (Å²) < 4.78 is 7.13. The molecule has 0 bridgehead atoms. The van der Waals surface area contributed by atoms with E-state index in [0.29, 0.717) is 5.75 Å². The number of ether oxygens (including phenoxy) is 1. The van der Waals surface area contributed by atoms with Crippen LogP contribution in [0.4, 0.5) is 4.79 Å². The Hall–Kier alpha value is -2.36. The van der Waals surface area contributed by atoms with Crippen LogP contribution in [0, 0.1) is 0 Å². The van der Waals surface area contributed by atoms with Crippen LogP contribution in [0.3, 0.4) is 0 Å². The normalized spacial score (nSPS) is 9.89. The van der Waals surface area contributed by atoms with Crippen LogP contribution in [0.15, 0.2) is 54.9 Å². The molecule has 4 nitrogen and oxygen atoms in total. The van der Waals surface area contributed by atoms with Gasteiger partial charge in [-0.15, -0.1) is 0 Å². The molecule has 0 saturated heterocycles. The first kappa shape index (κ1) is 12.1. The van der Waals surface area contributed by atoms with E-state index in [0.717, 1.165) is 5.69 Å². The second kappa shape index (κ2) is 5.31. The summed E-state index contributed by atoms with van der Waals surface area (Å²) >= 11 is 0. The molecule has 0 aliphatic heterocycles. The van der Waals surface area contributed by atoms with E-state index in [1.807, 2.05) is 47.3 Å². The lowest BCUT2D eigenvalue weighted by Crippen LogP contribution is -2.29. The molecule has 1 heterocycles. The van der Waals surface area contributed by atoms with Gasteiger partial charge in [-0.05, 0) is 12.1 Å². The van der Waals surface area contributed by atoms with Gasteiger partial charge < -0.3 is 9.64 Å². The van der Waals surface area contributed by atoms with Crippen molar-refractivity contribution < 1.29 is 14.1 Å². The number of carbonyl (C=O) groups excluding carboxylic acids is 1. The molecule has 0 aliphatic rings. The predicted molar refractivity (Wildman–Crippen MR) is 67.7 cm³/mol. The SMILES string of the molecule is CN(C)C(=O)Oc1ccc(-[n+]2ccccc2)cc1. The summed E-state index contributed by atoms with van der Waals surface area (Å²) in [6.45, 7) is 0. The maximum atomic E-state index is 11.4. The molecule has 0 aliphatic carbocycles. The van der Waals surface area contributed by atoms with Crippen LogP contribution in [0.5, 0.6) is 5.75 Å². The van der Waals surface area contributed by atoms with E-state index < -0.39 is 0 Å². The number of hydrogen-bond donors (Lipinski definition) is 0. The Morgan fingerprint density at radius 3 is 2.22 bits per heavy atom. The Bertz CT molecular complexity index is 521. The van der Waals surface area contributed by atoms with Crippen LogP contribution in [0.1, 0.15) is 0 Å². The van der Waals surface area contributed by atoms with Gasteiger partial charge in [0.1, 0.15) is 5.75 Å². The first-order valence-corrected chi connectivity index (χ1v) is 5.63. The first-order chi connectivity index (χ1) is 8.66. The zero-order valence-electron chi connectivity index (χ0n) is 10.4. The third-order valence-electron chi connectivity index (χ3n) is 2.42. The minimum atomic E-state index is -0.380. The average Bonchev–Trinajstić information content (AvgIpc) is 2.40. The lowest BCUT2D eigenvalue weighted by Gasteiger charge is -2.10. The number of nitrogens with zero attached hydrogens (tertiary/aromatic N) is 2. The van der Waals surface area contributed by atoms with Gasteiger partial charge >= 0.3 is 6.09 Å².